The van der Waals surface area contributed by atoms with Gasteiger partial charge in [0.05, 0.1) is 5.69 Å². The number of rotatable bonds is 6. The maximum atomic E-state index is 11.5. The number of hydrogen-bond acceptors (Lipinski definition) is 6. The maximum absolute atomic E-state index is 11.5. The highest BCUT2D eigenvalue weighted by molar-refractivity contribution is 6.29. The maximum Gasteiger partial charge on any atom is 0.270 e. The molecule has 8 heteroatoms. The molecule has 0 bridgehead atoms. The molecule has 2 aromatic rings. The molecular weight excluding hydrogens is 390 g/mol. The van der Waals surface area contributed by atoms with Gasteiger partial charge in [0.25, 0.3) is 5.91 Å². The molecule has 1 saturated carbocycles. The van der Waals surface area contributed by atoms with Crippen LogP contribution in [-0.4, -0.2) is 32.1 Å². The van der Waals surface area contributed by atoms with E-state index in [2.05, 4.69) is 20.3 Å². The Kier molecular flexibility index (Phi) is 7.32. The third kappa shape index (κ3) is 5.85. The molecular formula is C21H24ClN5O2. The molecule has 3 rings (SSSR count). The lowest BCUT2D eigenvalue weighted by molar-refractivity contribution is -0.125. The van der Waals surface area contributed by atoms with E-state index < -0.39 is 5.91 Å². The molecule has 0 spiro atoms. The second-order valence-corrected chi connectivity index (χ2v) is 7.25. The quantitative estimate of drug-likeness (QED) is 0.282. The van der Waals surface area contributed by atoms with E-state index in [0.29, 0.717) is 29.1 Å². The van der Waals surface area contributed by atoms with Gasteiger partial charge >= 0.3 is 0 Å². The first-order valence-electron chi connectivity index (χ1n) is 9.63. The van der Waals surface area contributed by atoms with Crippen LogP contribution in [0.15, 0.2) is 53.9 Å². The number of carbonyl (C=O) groups is 1. The van der Waals surface area contributed by atoms with E-state index in [9.17, 15) is 4.79 Å². The topological polar surface area (TPSA) is 100 Å². The minimum Gasteiger partial charge on any atom is -0.351 e. The molecule has 0 saturated heterocycles. The van der Waals surface area contributed by atoms with Gasteiger partial charge in [0, 0.05) is 29.6 Å². The molecule has 1 aliphatic carbocycles. The monoisotopic (exact) mass is 413 g/mol. The van der Waals surface area contributed by atoms with Crippen LogP contribution < -0.4 is 10.8 Å². The molecule has 0 aromatic carbocycles. The summed E-state index contributed by atoms with van der Waals surface area (Å²) in [5, 5.41) is 12.6. The molecule has 0 aliphatic heterocycles. The van der Waals surface area contributed by atoms with E-state index in [1.54, 1.807) is 30.0 Å². The zero-order chi connectivity index (χ0) is 20.6. The highest BCUT2D eigenvalue weighted by atomic mass is 35.5. The van der Waals surface area contributed by atoms with Crippen LogP contribution in [0.4, 0.5) is 5.95 Å². The Bertz CT molecular complexity index is 902. The highest BCUT2D eigenvalue weighted by Crippen LogP contribution is 2.26. The van der Waals surface area contributed by atoms with Gasteiger partial charge in [-0.15, -0.1) is 0 Å². The van der Waals surface area contributed by atoms with E-state index in [0.717, 1.165) is 36.9 Å². The molecule has 0 radical (unpaired) electrons. The van der Waals surface area contributed by atoms with Crippen molar-refractivity contribution in [3.63, 3.8) is 0 Å². The zero-order valence-electron chi connectivity index (χ0n) is 16.2. The van der Waals surface area contributed by atoms with Gasteiger partial charge in [-0.1, -0.05) is 36.2 Å². The average molecular weight is 414 g/mol. The number of aromatic nitrogens is 3. The van der Waals surface area contributed by atoms with Crippen LogP contribution in [0.25, 0.3) is 11.3 Å². The lowest BCUT2D eigenvalue weighted by Gasteiger charge is -2.25. The summed E-state index contributed by atoms with van der Waals surface area (Å²) in [6.07, 6.45) is 11.6. The fraction of sp³-hybridized carbons (Fsp3) is 0.333. The predicted octanol–water partition coefficient (Wildman–Crippen LogP) is 4.31. The van der Waals surface area contributed by atoms with Crippen molar-refractivity contribution in [3.8, 4) is 11.3 Å². The van der Waals surface area contributed by atoms with Gasteiger partial charge < -0.3 is 5.32 Å². The number of anilines is 1. The molecule has 1 aliphatic rings. The van der Waals surface area contributed by atoms with Crippen LogP contribution in [-0.2, 0) is 4.79 Å². The van der Waals surface area contributed by atoms with E-state index in [1.165, 1.54) is 5.57 Å². The Hall–Kier alpha value is -2.77. The average Bonchev–Trinajstić information content (AvgIpc) is 2.76. The van der Waals surface area contributed by atoms with Crippen molar-refractivity contribution in [2.24, 2.45) is 0 Å². The number of hydrogen-bond donors (Lipinski definition) is 3. The van der Waals surface area contributed by atoms with Gasteiger partial charge in [-0.2, -0.15) is 0 Å². The van der Waals surface area contributed by atoms with Gasteiger partial charge in [-0.05, 0) is 50.3 Å². The molecule has 3 N–H and O–H groups in total. The number of pyridine rings is 1. The number of nitrogens with one attached hydrogen (secondary N) is 2. The van der Waals surface area contributed by atoms with Crippen LogP contribution in [0.2, 0.25) is 5.15 Å². The summed E-state index contributed by atoms with van der Waals surface area (Å²) in [6.45, 7) is 1.88. The lowest BCUT2D eigenvalue weighted by Crippen LogP contribution is -2.24. The number of nitrogens with zero attached hydrogens (tertiary/aromatic N) is 3. The van der Waals surface area contributed by atoms with Gasteiger partial charge in [0.1, 0.15) is 5.15 Å². The van der Waals surface area contributed by atoms with Crippen molar-refractivity contribution in [2.45, 2.75) is 45.1 Å². The van der Waals surface area contributed by atoms with Crippen molar-refractivity contribution in [3.05, 3.63) is 59.0 Å². The minimum atomic E-state index is -0.451. The molecule has 152 valence electrons. The molecule has 0 atom stereocenters. The fourth-order valence-corrected chi connectivity index (χ4v) is 3.35. The van der Waals surface area contributed by atoms with Crippen LogP contribution >= 0.6 is 11.6 Å². The SMILES string of the molecule is CCC(=CC=C1CCC(Nc2nccc(-c3ccc(Cl)nc3)n2)CC1)C(=O)NO. The summed E-state index contributed by atoms with van der Waals surface area (Å²) in [7, 11) is 0. The standard InChI is InChI=1S/C21H24ClN5O2/c1-2-15(20(28)27-29)6-3-14-4-8-17(9-5-14)25-21-23-12-11-18(26-21)16-7-10-19(22)24-13-16/h3,6-7,10-13,17,29H,2,4-5,8-9H2,1H3,(H,27,28)(H,23,25,26). The zero-order valence-corrected chi connectivity index (χ0v) is 17.0. The van der Waals surface area contributed by atoms with Crippen LogP contribution in [0.5, 0.6) is 0 Å². The van der Waals surface area contributed by atoms with E-state index in [4.69, 9.17) is 16.8 Å². The van der Waals surface area contributed by atoms with E-state index in [1.807, 2.05) is 25.1 Å². The van der Waals surface area contributed by atoms with Crippen LogP contribution in [0.3, 0.4) is 0 Å². The first kappa shape index (κ1) is 21.0. The molecule has 29 heavy (non-hydrogen) atoms. The van der Waals surface area contributed by atoms with E-state index in [-0.39, 0.29) is 0 Å². The molecule has 2 aromatic heterocycles. The van der Waals surface area contributed by atoms with Crippen LogP contribution in [0.1, 0.15) is 39.0 Å². The first-order chi connectivity index (χ1) is 14.1. The normalized spacial score (nSPS) is 17.0. The fourth-order valence-electron chi connectivity index (χ4n) is 3.24. The smallest absolute Gasteiger partial charge is 0.270 e. The second kappa shape index (κ2) is 10.1. The molecule has 1 amide bonds. The molecule has 0 unspecified atom stereocenters. The highest BCUT2D eigenvalue weighted by Gasteiger charge is 2.17. The minimum absolute atomic E-state index is 0.293. The number of halogens is 1. The van der Waals surface area contributed by atoms with Crippen molar-refractivity contribution in [1.29, 1.82) is 0 Å². The first-order valence-corrected chi connectivity index (χ1v) is 10.0. The summed E-state index contributed by atoms with van der Waals surface area (Å²) >= 11 is 5.85. The van der Waals surface area contributed by atoms with Gasteiger partial charge in [0.2, 0.25) is 5.95 Å². The number of carbonyl (C=O) groups excluding carboxylic acids is 1. The third-order valence-electron chi connectivity index (χ3n) is 4.93. The summed E-state index contributed by atoms with van der Waals surface area (Å²) in [4.78, 5) is 24.5. The third-order valence-corrected chi connectivity index (χ3v) is 5.16. The molecule has 2 heterocycles. The van der Waals surface area contributed by atoms with Crippen molar-refractivity contribution < 1.29 is 10.0 Å². The second-order valence-electron chi connectivity index (χ2n) is 6.86. The van der Waals surface area contributed by atoms with Crippen LogP contribution in [0, 0.1) is 0 Å². The molecule has 1 fully saturated rings. The largest absolute Gasteiger partial charge is 0.351 e. The molecule has 7 nitrogen and oxygen atoms in total. The van der Waals surface area contributed by atoms with Gasteiger partial charge in [-0.3, -0.25) is 10.0 Å². The Morgan fingerprint density at radius 1 is 1.28 bits per heavy atom. The number of amides is 1. The van der Waals surface area contributed by atoms with Crippen molar-refractivity contribution >= 4 is 23.5 Å². The van der Waals surface area contributed by atoms with Gasteiger partial charge in [0.15, 0.2) is 0 Å². The van der Waals surface area contributed by atoms with Crippen molar-refractivity contribution in [2.75, 3.05) is 5.32 Å². The summed E-state index contributed by atoms with van der Waals surface area (Å²) in [5.74, 6) is 0.148. The van der Waals surface area contributed by atoms with Gasteiger partial charge in [-0.25, -0.2) is 20.4 Å². The lowest BCUT2D eigenvalue weighted by atomic mass is 9.90. The Labute approximate surface area is 174 Å². The predicted molar refractivity (Wildman–Crippen MR) is 113 cm³/mol. The Morgan fingerprint density at radius 2 is 2.07 bits per heavy atom. The Balaban J connectivity index is 1.59. The van der Waals surface area contributed by atoms with E-state index >= 15 is 0 Å². The summed E-state index contributed by atoms with van der Waals surface area (Å²) in [6, 6.07) is 5.76. The summed E-state index contributed by atoms with van der Waals surface area (Å²) in [5.41, 5.74) is 5.22. The Morgan fingerprint density at radius 3 is 2.72 bits per heavy atom. The number of allylic oxidation sites excluding steroid dienone is 3. The van der Waals surface area contributed by atoms with Crippen molar-refractivity contribution in [1.82, 2.24) is 20.4 Å². The number of hydroxylamine groups is 1. The summed E-state index contributed by atoms with van der Waals surface area (Å²) < 4.78 is 0.